The summed E-state index contributed by atoms with van der Waals surface area (Å²) in [4.78, 5) is 37.1. The first kappa shape index (κ1) is 22.5. The van der Waals surface area contributed by atoms with Crippen LogP contribution in [-0.2, 0) is 11.3 Å². The van der Waals surface area contributed by atoms with E-state index in [2.05, 4.69) is 54.9 Å². The van der Waals surface area contributed by atoms with Crippen molar-refractivity contribution in [2.45, 2.75) is 51.6 Å². The van der Waals surface area contributed by atoms with Gasteiger partial charge in [-0.15, -0.1) is 0 Å². The third-order valence-electron chi connectivity index (χ3n) is 6.80. The molecule has 6 nitrogen and oxygen atoms in total. The molecular weight excluding hydrogens is 400 g/mol. The third-order valence-corrected chi connectivity index (χ3v) is 6.80. The number of amides is 3. The van der Waals surface area contributed by atoms with Crippen LogP contribution in [0.2, 0.25) is 0 Å². The summed E-state index contributed by atoms with van der Waals surface area (Å²) < 4.78 is 0. The number of benzene rings is 1. The summed E-state index contributed by atoms with van der Waals surface area (Å²) in [6.45, 7) is 9.90. The van der Waals surface area contributed by atoms with E-state index in [1.807, 2.05) is 29.2 Å². The van der Waals surface area contributed by atoms with Crippen molar-refractivity contribution in [1.29, 1.82) is 0 Å². The lowest BCUT2D eigenvalue weighted by Crippen LogP contribution is -2.57. The second-order valence-corrected chi connectivity index (χ2v) is 9.64. The SMILES string of the molecule is CC(C)CN1C(=O)N(Cc2ccccn2)C(=O)C12CCN(C[C@@H](C)c1ccccc1)CC2. The van der Waals surface area contributed by atoms with Crippen molar-refractivity contribution < 1.29 is 9.59 Å². The van der Waals surface area contributed by atoms with Crippen LogP contribution in [-0.4, -0.2) is 63.3 Å². The number of imide groups is 1. The number of piperidine rings is 1. The molecule has 1 atom stereocenters. The number of likely N-dealkylation sites (tertiary alicyclic amines) is 1. The summed E-state index contributed by atoms with van der Waals surface area (Å²) in [6.07, 6.45) is 3.07. The van der Waals surface area contributed by atoms with Crippen LogP contribution in [0, 0.1) is 5.92 Å². The highest BCUT2D eigenvalue weighted by atomic mass is 16.2. The minimum absolute atomic E-state index is 0.0513. The number of rotatable bonds is 7. The zero-order chi connectivity index (χ0) is 22.7. The average molecular weight is 435 g/mol. The lowest BCUT2D eigenvalue weighted by Gasteiger charge is -2.43. The van der Waals surface area contributed by atoms with E-state index in [4.69, 9.17) is 0 Å². The minimum atomic E-state index is -0.720. The predicted molar refractivity (Wildman–Crippen MR) is 125 cm³/mol. The molecule has 1 spiro atoms. The van der Waals surface area contributed by atoms with Gasteiger partial charge in [0.05, 0.1) is 12.2 Å². The van der Waals surface area contributed by atoms with E-state index in [-0.39, 0.29) is 18.5 Å². The molecule has 3 heterocycles. The van der Waals surface area contributed by atoms with Crippen LogP contribution < -0.4 is 0 Å². The van der Waals surface area contributed by atoms with Gasteiger partial charge in [0.1, 0.15) is 5.54 Å². The van der Waals surface area contributed by atoms with Crippen molar-refractivity contribution in [2.75, 3.05) is 26.2 Å². The Morgan fingerprint density at radius 2 is 1.62 bits per heavy atom. The van der Waals surface area contributed by atoms with Crippen molar-refractivity contribution in [1.82, 2.24) is 19.7 Å². The normalized spacial score (nSPS) is 19.9. The molecule has 0 aliphatic carbocycles. The second kappa shape index (κ2) is 9.41. The predicted octanol–water partition coefficient (Wildman–Crippen LogP) is 4.14. The first-order valence-corrected chi connectivity index (χ1v) is 11.7. The Labute approximate surface area is 191 Å². The van der Waals surface area contributed by atoms with Gasteiger partial charge in [0.15, 0.2) is 0 Å². The van der Waals surface area contributed by atoms with Crippen LogP contribution in [0.1, 0.15) is 50.8 Å². The molecule has 2 aromatic rings. The second-order valence-electron chi connectivity index (χ2n) is 9.64. The largest absolute Gasteiger partial charge is 0.328 e. The van der Waals surface area contributed by atoms with Crippen molar-refractivity contribution in [3.05, 3.63) is 66.0 Å². The zero-order valence-electron chi connectivity index (χ0n) is 19.4. The molecule has 0 N–H and O–H groups in total. The van der Waals surface area contributed by atoms with Gasteiger partial charge in [0.25, 0.3) is 5.91 Å². The van der Waals surface area contributed by atoms with E-state index < -0.39 is 5.54 Å². The van der Waals surface area contributed by atoms with Gasteiger partial charge in [-0.05, 0) is 42.4 Å². The van der Waals surface area contributed by atoms with Gasteiger partial charge in [0, 0.05) is 32.4 Å². The van der Waals surface area contributed by atoms with Crippen LogP contribution in [0.25, 0.3) is 0 Å². The summed E-state index contributed by atoms with van der Waals surface area (Å²) in [5.74, 6) is 0.678. The number of carbonyl (C=O) groups excluding carboxylic acids is 2. The summed E-state index contributed by atoms with van der Waals surface area (Å²) in [5.41, 5.74) is 1.36. The van der Waals surface area contributed by atoms with Crippen LogP contribution in [0.3, 0.4) is 0 Å². The van der Waals surface area contributed by atoms with E-state index in [0.29, 0.717) is 31.2 Å². The maximum Gasteiger partial charge on any atom is 0.328 e. The summed E-state index contributed by atoms with van der Waals surface area (Å²) >= 11 is 0. The van der Waals surface area contributed by atoms with Gasteiger partial charge < -0.3 is 9.80 Å². The van der Waals surface area contributed by atoms with Gasteiger partial charge in [-0.2, -0.15) is 0 Å². The van der Waals surface area contributed by atoms with E-state index in [1.54, 1.807) is 6.20 Å². The number of urea groups is 1. The zero-order valence-corrected chi connectivity index (χ0v) is 19.4. The summed E-state index contributed by atoms with van der Waals surface area (Å²) in [6, 6.07) is 16.0. The minimum Gasteiger partial charge on any atom is -0.309 e. The Morgan fingerprint density at radius 3 is 2.25 bits per heavy atom. The number of hydrogen-bond acceptors (Lipinski definition) is 4. The topological polar surface area (TPSA) is 56.8 Å². The molecule has 2 saturated heterocycles. The number of carbonyl (C=O) groups is 2. The number of aromatic nitrogens is 1. The Bertz CT molecular complexity index is 923. The quantitative estimate of drug-likeness (QED) is 0.615. The van der Waals surface area contributed by atoms with Gasteiger partial charge >= 0.3 is 6.03 Å². The molecule has 1 aromatic carbocycles. The van der Waals surface area contributed by atoms with Gasteiger partial charge in [-0.1, -0.05) is 57.2 Å². The first-order chi connectivity index (χ1) is 15.4. The molecule has 2 fully saturated rings. The Morgan fingerprint density at radius 1 is 0.938 bits per heavy atom. The molecule has 3 amide bonds. The fourth-order valence-corrected chi connectivity index (χ4v) is 5.06. The van der Waals surface area contributed by atoms with Crippen molar-refractivity contribution in [2.24, 2.45) is 5.92 Å². The molecule has 0 bridgehead atoms. The number of nitrogens with zero attached hydrogens (tertiary/aromatic N) is 4. The summed E-state index contributed by atoms with van der Waals surface area (Å²) in [5, 5.41) is 0. The maximum absolute atomic E-state index is 13.7. The Kier molecular flexibility index (Phi) is 6.60. The van der Waals surface area contributed by atoms with Crippen molar-refractivity contribution >= 4 is 11.9 Å². The molecule has 4 rings (SSSR count). The third kappa shape index (κ3) is 4.42. The molecule has 0 unspecified atom stereocenters. The maximum atomic E-state index is 13.7. The molecule has 170 valence electrons. The van der Waals surface area contributed by atoms with Gasteiger partial charge in [-0.25, -0.2) is 4.79 Å². The molecule has 6 heteroatoms. The van der Waals surface area contributed by atoms with E-state index in [1.165, 1.54) is 10.5 Å². The van der Waals surface area contributed by atoms with Crippen LogP contribution in [0.5, 0.6) is 0 Å². The van der Waals surface area contributed by atoms with Crippen LogP contribution >= 0.6 is 0 Å². The molecule has 2 aliphatic rings. The highest BCUT2D eigenvalue weighted by Gasteiger charge is 2.57. The van der Waals surface area contributed by atoms with Crippen LogP contribution in [0.15, 0.2) is 54.7 Å². The smallest absolute Gasteiger partial charge is 0.309 e. The standard InChI is InChI=1S/C26H34N4O2/c1-20(2)17-30-25(32)29(19-23-11-7-8-14-27-23)24(31)26(30)12-15-28(16-13-26)18-21(3)22-9-5-4-6-10-22/h4-11,14,20-21H,12-13,15-19H2,1-3H3/t21-/m1/s1. The van der Waals surface area contributed by atoms with Crippen molar-refractivity contribution in [3.63, 3.8) is 0 Å². The van der Waals surface area contributed by atoms with Gasteiger partial charge in [0.2, 0.25) is 0 Å². The molecule has 1 aromatic heterocycles. The fourth-order valence-electron chi connectivity index (χ4n) is 5.06. The lowest BCUT2D eigenvalue weighted by atomic mass is 9.84. The summed E-state index contributed by atoms with van der Waals surface area (Å²) in [7, 11) is 0. The van der Waals surface area contributed by atoms with E-state index in [9.17, 15) is 9.59 Å². The highest BCUT2D eigenvalue weighted by Crippen LogP contribution is 2.38. The number of hydrogen-bond donors (Lipinski definition) is 0. The Balaban J connectivity index is 1.49. The van der Waals surface area contributed by atoms with Crippen LogP contribution in [0.4, 0.5) is 4.79 Å². The monoisotopic (exact) mass is 434 g/mol. The average Bonchev–Trinajstić information content (AvgIpc) is 2.98. The number of pyridine rings is 1. The lowest BCUT2D eigenvalue weighted by molar-refractivity contribution is -0.136. The Hall–Kier alpha value is -2.73. The molecule has 2 aliphatic heterocycles. The van der Waals surface area contributed by atoms with E-state index in [0.717, 1.165) is 25.3 Å². The first-order valence-electron chi connectivity index (χ1n) is 11.7. The van der Waals surface area contributed by atoms with Gasteiger partial charge in [-0.3, -0.25) is 14.7 Å². The highest BCUT2D eigenvalue weighted by molar-refractivity contribution is 6.07. The molecule has 0 radical (unpaired) electrons. The molecule has 32 heavy (non-hydrogen) atoms. The molecular formula is C26H34N4O2. The molecule has 0 saturated carbocycles. The van der Waals surface area contributed by atoms with Crippen molar-refractivity contribution in [3.8, 4) is 0 Å². The van der Waals surface area contributed by atoms with E-state index >= 15 is 0 Å². The fraction of sp³-hybridized carbons (Fsp3) is 0.500.